The molecule has 3 rings (SSSR count). The van der Waals surface area contributed by atoms with Crippen molar-refractivity contribution < 1.29 is 0 Å². The van der Waals surface area contributed by atoms with Crippen LogP contribution in [0.3, 0.4) is 0 Å². The molecule has 0 aliphatic heterocycles. The third-order valence-corrected chi connectivity index (χ3v) is 3.84. The number of anilines is 1. The van der Waals surface area contributed by atoms with Crippen molar-refractivity contribution in [3.8, 4) is 11.3 Å². The Kier molecular flexibility index (Phi) is 2.59. The summed E-state index contributed by atoms with van der Waals surface area (Å²) < 4.78 is 2.25. The normalized spacial score (nSPS) is 11.3. The van der Waals surface area contributed by atoms with Gasteiger partial charge in [0, 0.05) is 29.8 Å². The number of hydrogen-bond acceptors (Lipinski definition) is 2. The van der Waals surface area contributed by atoms with Crippen LogP contribution in [0.4, 0.5) is 5.82 Å². The number of nitrogens with zero attached hydrogens (tertiary/aromatic N) is 2. The summed E-state index contributed by atoms with van der Waals surface area (Å²) in [6.45, 7) is 4.32. The van der Waals surface area contributed by atoms with Gasteiger partial charge in [-0.1, -0.05) is 25.1 Å². The van der Waals surface area contributed by atoms with Crippen LogP contribution in [-0.2, 0) is 13.5 Å². The Morgan fingerprint density at radius 2 is 2.16 bits per heavy atom. The van der Waals surface area contributed by atoms with E-state index in [1.54, 1.807) is 0 Å². The molecule has 0 unspecified atom stereocenters. The second kappa shape index (κ2) is 4.16. The molecule has 0 spiro atoms. The molecule has 0 saturated heterocycles. The maximum Gasteiger partial charge on any atom is 0.145 e. The van der Waals surface area contributed by atoms with Crippen molar-refractivity contribution in [3.63, 3.8) is 0 Å². The maximum absolute atomic E-state index is 5.72. The molecule has 1 aromatic carbocycles. The number of para-hydroxylation sites is 1. The number of nitrogen functional groups attached to an aromatic ring is 1. The fourth-order valence-electron chi connectivity index (χ4n) is 2.81. The third-order valence-electron chi connectivity index (χ3n) is 3.84. The molecular formula is C15H18N4. The van der Waals surface area contributed by atoms with E-state index < -0.39 is 0 Å². The van der Waals surface area contributed by atoms with Crippen LogP contribution in [0, 0.1) is 6.92 Å². The van der Waals surface area contributed by atoms with Crippen molar-refractivity contribution in [1.82, 2.24) is 14.8 Å². The van der Waals surface area contributed by atoms with Gasteiger partial charge in [-0.25, -0.2) is 0 Å². The van der Waals surface area contributed by atoms with E-state index in [-0.39, 0.29) is 0 Å². The lowest BCUT2D eigenvalue weighted by Crippen LogP contribution is -1.93. The highest BCUT2D eigenvalue weighted by Gasteiger charge is 2.16. The summed E-state index contributed by atoms with van der Waals surface area (Å²) in [5, 5.41) is 8.31. The minimum Gasteiger partial charge on any atom is -0.382 e. The molecule has 3 aromatic rings. The second-order valence-electron chi connectivity index (χ2n) is 4.89. The molecule has 4 heteroatoms. The Morgan fingerprint density at radius 1 is 1.37 bits per heavy atom. The Balaban J connectivity index is 2.40. The molecule has 0 aliphatic carbocycles. The summed E-state index contributed by atoms with van der Waals surface area (Å²) >= 11 is 0. The quantitative estimate of drug-likeness (QED) is 0.738. The van der Waals surface area contributed by atoms with Gasteiger partial charge in [-0.3, -0.25) is 5.10 Å². The number of aryl methyl sites for hydroxylation is 2. The van der Waals surface area contributed by atoms with Crippen LogP contribution in [-0.4, -0.2) is 14.8 Å². The number of hydrogen-bond donors (Lipinski definition) is 2. The zero-order chi connectivity index (χ0) is 13.6. The lowest BCUT2D eigenvalue weighted by Gasteiger charge is -2.03. The number of nitrogens with two attached hydrogens (primary N) is 1. The van der Waals surface area contributed by atoms with Crippen LogP contribution < -0.4 is 5.73 Å². The highest BCUT2D eigenvalue weighted by molar-refractivity contribution is 5.99. The van der Waals surface area contributed by atoms with Crippen LogP contribution in [0.25, 0.3) is 22.2 Å². The van der Waals surface area contributed by atoms with Crippen molar-refractivity contribution in [2.45, 2.75) is 20.3 Å². The van der Waals surface area contributed by atoms with Gasteiger partial charge >= 0.3 is 0 Å². The zero-order valence-corrected chi connectivity index (χ0v) is 11.5. The van der Waals surface area contributed by atoms with Gasteiger partial charge in [-0.15, -0.1) is 0 Å². The van der Waals surface area contributed by atoms with E-state index in [1.807, 2.05) is 6.07 Å². The van der Waals surface area contributed by atoms with Gasteiger partial charge in [0.2, 0.25) is 0 Å². The molecule has 0 bridgehead atoms. The smallest absolute Gasteiger partial charge is 0.145 e. The average Bonchev–Trinajstić information content (AvgIpc) is 2.93. The van der Waals surface area contributed by atoms with E-state index >= 15 is 0 Å². The number of benzene rings is 1. The van der Waals surface area contributed by atoms with Crippen LogP contribution >= 0.6 is 0 Å². The minimum atomic E-state index is 0.526. The topological polar surface area (TPSA) is 59.6 Å². The molecule has 0 aliphatic rings. The largest absolute Gasteiger partial charge is 0.382 e. The highest BCUT2D eigenvalue weighted by atomic mass is 15.2. The first-order valence-corrected chi connectivity index (χ1v) is 6.51. The Hall–Kier alpha value is -2.23. The number of H-pyrrole nitrogens is 1. The molecule has 0 atom stereocenters. The summed E-state index contributed by atoms with van der Waals surface area (Å²) in [5.74, 6) is 0.526. The van der Waals surface area contributed by atoms with Gasteiger partial charge < -0.3 is 10.3 Å². The SMILES string of the molecule is CCc1cccc2c(-c3cc(N)n[nH]3)c(C)n(C)c12. The van der Waals surface area contributed by atoms with Crippen LogP contribution in [0.15, 0.2) is 24.3 Å². The molecule has 2 heterocycles. The lowest BCUT2D eigenvalue weighted by atomic mass is 10.0. The molecule has 0 radical (unpaired) electrons. The summed E-state index contributed by atoms with van der Waals surface area (Å²) in [7, 11) is 2.11. The van der Waals surface area contributed by atoms with E-state index in [0.717, 1.165) is 12.1 Å². The molecule has 19 heavy (non-hydrogen) atoms. The number of rotatable bonds is 2. The average molecular weight is 254 g/mol. The fraction of sp³-hybridized carbons (Fsp3) is 0.267. The second-order valence-corrected chi connectivity index (χ2v) is 4.89. The molecule has 0 saturated carbocycles. The predicted octanol–water partition coefficient (Wildman–Crippen LogP) is 3.02. The molecule has 4 nitrogen and oxygen atoms in total. The van der Waals surface area contributed by atoms with Gasteiger partial charge in [0.25, 0.3) is 0 Å². The van der Waals surface area contributed by atoms with E-state index in [1.165, 1.54) is 27.7 Å². The van der Waals surface area contributed by atoms with E-state index in [2.05, 4.69) is 53.9 Å². The summed E-state index contributed by atoms with van der Waals surface area (Å²) in [6.07, 6.45) is 1.03. The fourth-order valence-corrected chi connectivity index (χ4v) is 2.81. The van der Waals surface area contributed by atoms with Crippen molar-refractivity contribution in [2.75, 3.05) is 5.73 Å². The van der Waals surface area contributed by atoms with Gasteiger partial charge in [0.15, 0.2) is 0 Å². The highest BCUT2D eigenvalue weighted by Crippen LogP contribution is 2.35. The summed E-state index contributed by atoms with van der Waals surface area (Å²) in [4.78, 5) is 0. The molecule has 2 aromatic heterocycles. The Labute approximate surface area is 112 Å². The lowest BCUT2D eigenvalue weighted by molar-refractivity contribution is 0.909. The Bertz CT molecular complexity index is 749. The maximum atomic E-state index is 5.72. The van der Waals surface area contributed by atoms with Crippen molar-refractivity contribution in [2.24, 2.45) is 7.05 Å². The molecular weight excluding hydrogens is 236 g/mol. The summed E-state index contributed by atoms with van der Waals surface area (Å²) in [5.41, 5.74) is 11.8. The number of fused-ring (bicyclic) bond motifs is 1. The zero-order valence-electron chi connectivity index (χ0n) is 11.5. The number of aromatic nitrogens is 3. The number of aromatic amines is 1. The minimum absolute atomic E-state index is 0.526. The van der Waals surface area contributed by atoms with Crippen molar-refractivity contribution in [1.29, 1.82) is 0 Å². The first-order chi connectivity index (χ1) is 9.13. The van der Waals surface area contributed by atoms with Gasteiger partial charge in [-0.2, -0.15) is 5.10 Å². The van der Waals surface area contributed by atoms with Gasteiger partial charge in [0.1, 0.15) is 5.82 Å². The third kappa shape index (κ3) is 1.63. The van der Waals surface area contributed by atoms with Crippen LogP contribution in [0.1, 0.15) is 18.2 Å². The first kappa shape index (κ1) is 11.8. The van der Waals surface area contributed by atoms with Gasteiger partial charge in [-0.05, 0) is 18.9 Å². The van der Waals surface area contributed by atoms with Crippen molar-refractivity contribution >= 4 is 16.7 Å². The Morgan fingerprint density at radius 3 is 2.79 bits per heavy atom. The first-order valence-electron chi connectivity index (χ1n) is 6.51. The standard InChI is InChI=1S/C15H18N4/c1-4-10-6-5-7-11-14(9(2)19(3)15(10)11)12-8-13(16)18-17-12/h5-8H,4H2,1-3H3,(H3,16,17,18). The monoisotopic (exact) mass is 254 g/mol. The van der Waals surface area contributed by atoms with E-state index in [4.69, 9.17) is 5.73 Å². The van der Waals surface area contributed by atoms with Crippen LogP contribution in [0.5, 0.6) is 0 Å². The summed E-state index contributed by atoms with van der Waals surface area (Å²) in [6, 6.07) is 8.35. The van der Waals surface area contributed by atoms with Crippen LogP contribution in [0.2, 0.25) is 0 Å². The number of nitrogens with one attached hydrogen (secondary N) is 1. The molecule has 0 amide bonds. The predicted molar refractivity (Wildman–Crippen MR) is 79.0 cm³/mol. The van der Waals surface area contributed by atoms with E-state index in [9.17, 15) is 0 Å². The van der Waals surface area contributed by atoms with Crippen molar-refractivity contribution in [3.05, 3.63) is 35.5 Å². The molecule has 3 N–H and O–H groups in total. The molecule has 0 fully saturated rings. The van der Waals surface area contributed by atoms with Gasteiger partial charge in [0.05, 0.1) is 11.2 Å². The van der Waals surface area contributed by atoms with E-state index in [0.29, 0.717) is 5.82 Å². The molecule has 98 valence electrons.